The number of halogens is 1. The van der Waals surface area contributed by atoms with Gasteiger partial charge in [-0.3, -0.25) is 9.48 Å². The largest absolute Gasteiger partial charge is 0.381 e. The number of rotatable bonds is 4. The molecule has 2 aliphatic rings. The van der Waals surface area contributed by atoms with Gasteiger partial charge < -0.3 is 4.74 Å². The topological polar surface area (TPSA) is 57.0 Å². The maximum atomic E-state index is 14.5. The number of hydrogen-bond acceptors (Lipinski definition) is 4. The second kappa shape index (κ2) is 6.09. The van der Waals surface area contributed by atoms with Gasteiger partial charge in [0.25, 0.3) is 0 Å². The molecule has 0 bridgehead atoms. The minimum absolute atomic E-state index is 0.112. The van der Waals surface area contributed by atoms with Crippen LogP contribution < -0.4 is 0 Å². The molecule has 0 aromatic carbocycles. The summed E-state index contributed by atoms with van der Waals surface area (Å²) in [7, 11) is 0. The molecule has 2 aromatic heterocycles. The van der Waals surface area contributed by atoms with Gasteiger partial charge in [-0.1, -0.05) is 0 Å². The Bertz CT molecular complexity index is 777. The van der Waals surface area contributed by atoms with E-state index in [4.69, 9.17) is 4.74 Å². The first-order valence-corrected chi connectivity index (χ1v) is 8.47. The maximum absolute atomic E-state index is 14.5. The number of hydrogen-bond donors (Lipinski definition) is 0. The molecule has 3 heterocycles. The van der Waals surface area contributed by atoms with Gasteiger partial charge in [0.1, 0.15) is 0 Å². The van der Waals surface area contributed by atoms with Gasteiger partial charge in [0, 0.05) is 19.4 Å². The highest BCUT2D eigenvalue weighted by molar-refractivity contribution is 5.99. The van der Waals surface area contributed by atoms with Crippen LogP contribution in [0.2, 0.25) is 0 Å². The van der Waals surface area contributed by atoms with Crippen LogP contribution in [-0.4, -0.2) is 33.8 Å². The Kier molecular flexibility index (Phi) is 3.92. The Hall–Kier alpha value is -2.08. The number of aromatic nitrogens is 3. The van der Waals surface area contributed by atoms with Gasteiger partial charge in [-0.05, 0) is 50.2 Å². The summed E-state index contributed by atoms with van der Waals surface area (Å²) in [5.41, 5.74) is 2.44. The SMILES string of the molecule is CC(=O)c1cnn(C2CCOCC2)c1-c1cc(C2CC2)cnc1F. The second-order valence-corrected chi connectivity index (χ2v) is 6.63. The normalized spacial score (nSPS) is 18.8. The first kappa shape index (κ1) is 15.4. The number of pyridine rings is 1. The standard InChI is InChI=1S/C18H20FN3O2/c1-11(23)16-10-21-22(14-4-6-24-7-5-14)17(16)15-8-13(12-2-3-12)9-20-18(15)19/h8-10,12,14H,2-7H2,1H3. The minimum atomic E-state index is -0.546. The van der Waals surface area contributed by atoms with E-state index in [-0.39, 0.29) is 11.8 Å². The molecule has 0 unspecified atom stereocenters. The van der Waals surface area contributed by atoms with Crippen LogP contribution >= 0.6 is 0 Å². The Morgan fingerprint density at radius 2 is 2.00 bits per heavy atom. The Morgan fingerprint density at radius 3 is 2.67 bits per heavy atom. The van der Waals surface area contributed by atoms with Gasteiger partial charge in [0.05, 0.1) is 29.1 Å². The van der Waals surface area contributed by atoms with Crippen molar-refractivity contribution in [3.05, 3.63) is 35.5 Å². The fraction of sp³-hybridized carbons (Fsp3) is 0.500. The predicted octanol–water partition coefficient (Wildman–Crippen LogP) is 3.52. The summed E-state index contributed by atoms with van der Waals surface area (Å²) in [4.78, 5) is 16.0. The molecule has 4 rings (SSSR count). The Balaban J connectivity index is 1.84. The first-order valence-electron chi connectivity index (χ1n) is 8.47. The maximum Gasteiger partial charge on any atom is 0.222 e. The fourth-order valence-electron chi connectivity index (χ4n) is 3.37. The molecule has 126 valence electrons. The molecule has 2 fully saturated rings. The molecule has 6 heteroatoms. The molecule has 1 saturated carbocycles. The average Bonchev–Trinajstić information content (AvgIpc) is 3.34. The smallest absolute Gasteiger partial charge is 0.222 e. The lowest BCUT2D eigenvalue weighted by molar-refractivity contribution is 0.0667. The number of Topliss-reactive ketones (excluding diaryl/α,β-unsaturated/α-hetero) is 1. The lowest BCUT2D eigenvalue weighted by atomic mass is 10.0. The van der Waals surface area contributed by atoms with Crippen LogP contribution in [0.5, 0.6) is 0 Å². The van der Waals surface area contributed by atoms with E-state index in [9.17, 15) is 9.18 Å². The molecular weight excluding hydrogens is 309 g/mol. The number of carbonyl (C=O) groups excluding carboxylic acids is 1. The summed E-state index contributed by atoms with van der Waals surface area (Å²) in [6.07, 6.45) is 7.01. The van der Waals surface area contributed by atoms with Crippen molar-refractivity contribution in [2.45, 2.75) is 44.6 Å². The fourth-order valence-corrected chi connectivity index (χ4v) is 3.37. The van der Waals surface area contributed by atoms with Crippen LogP contribution in [0.1, 0.15) is 60.5 Å². The number of carbonyl (C=O) groups is 1. The number of ether oxygens (including phenoxy) is 1. The minimum Gasteiger partial charge on any atom is -0.381 e. The second-order valence-electron chi connectivity index (χ2n) is 6.63. The van der Waals surface area contributed by atoms with E-state index in [1.165, 1.54) is 6.92 Å². The lowest BCUT2D eigenvalue weighted by Crippen LogP contribution is -2.21. The van der Waals surface area contributed by atoms with Crippen LogP contribution in [0, 0.1) is 5.95 Å². The van der Waals surface area contributed by atoms with E-state index in [2.05, 4.69) is 10.1 Å². The molecule has 0 spiro atoms. The van der Waals surface area contributed by atoms with Crippen molar-refractivity contribution in [2.24, 2.45) is 0 Å². The summed E-state index contributed by atoms with van der Waals surface area (Å²) < 4.78 is 21.7. The zero-order chi connectivity index (χ0) is 16.7. The molecular formula is C18H20FN3O2. The monoisotopic (exact) mass is 329 g/mol. The summed E-state index contributed by atoms with van der Waals surface area (Å²) in [6, 6.07) is 1.96. The third-order valence-electron chi connectivity index (χ3n) is 4.88. The van der Waals surface area contributed by atoms with Crippen LogP contribution in [0.3, 0.4) is 0 Å². The lowest BCUT2D eigenvalue weighted by Gasteiger charge is -2.24. The molecule has 1 aliphatic heterocycles. The molecule has 0 N–H and O–H groups in total. The Labute approximate surface area is 139 Å². The number of ketones is 1. The van der Waals surface area contributed by atoms with Gasteiger partial charge in [-0.25, -0.2) is 4.98 Å². The van der Waals surface area contributed by atoms with Crippen LogP contribution in [0.4, 0.5) is 4.39 Å². The van der Waals surface area contributed by atoms with Crippen molar-refractivity contribution >= 4 is 5.78 Å². The molecule has 1 aliphatic carbocycles. The van der Waals surface area contributed by atoms with Crippen LogP contribution in [0.25, 0.3) is 11.3 Å². The average molecular weight is 329 g/mol. The zero-order valence-corrected chi connectivity index (χ0v) is 13.7. The van der Waals surface area contributed by atoms with E-state index in [1.807, 2.05) is 6.07 Å². The third kappa shape index (κ3) is 2.75. The van der Waals surface area contributed by atoms with Crippen molar-refractivity contribution in [3.8, 4) is 11.3 Å². The molecule has 5 nitrogen and oxygen atoms in total. The molecule has 0 amide bonds. The van der Waals surface area contributed by atoms with Crippen molar-refractivity contribution in [1.82, 2.24) is 14.8 Å². The molecule has 0 radical (unpaired) electrons. The highest BCUT2D eigenvalue weighted by Crippen LogP contribution is 2.42. The highest BCUT2D eigenvalue weighted by atomic mass is 19.1. The van der Waals surface area contributed by atoms with Gasteiger partial charge >= 0.3 is 0 Å². The quantitative estimate of drug-likeness (QED) is 0.636. The van der Waals surface area contributed by atoms with Crippen LogP contribution in [-0.2, 0) is 4.74 Å². The summed E-state index contributed by atoms with van der Waals surface area (Å²) in [6.45, 7) is 2.80. The molecule has 2 aromatic rings. The molecule has 24 heavy (non-hydrogen) atoms. The van der Waals surface area contributed by atoms with E-state index >= 15 is 0 Å². The van der Waals surface area contributed by atoms with Gasteiger partial charge in [0.2, 0.25) is 5.95 Å². The predicted molar refractivity (Wildman–Crippen MR) is 86.5 cm³/mol. The van der Waals surface area contributed by atoms with E-state index < -0.39 is 5.95 Å². The molecule has 0 atom stereocenters. The van der Waals surface area contributed by atoms with E-state index in [0.717, 1.165) is 31.2 Å². The number of nitrogens with zero attached hydrogens (tertiary/aromatic N) is 3. The van der Waals surface area contributed by atoms with Gasteiger partial charge in [0.15, 0.2) is 5.78 Å². The Morgan fingerprint density at radius 1 is 1.25 bits per heavy atom. The van der Waals surface area contributed by atoms with Gasteiger partial charge in [-0.2, -0.15) is 9.49 Å². The summed E-state index contributed by atoms with van der Waals surface area (Å²) in [5.74, 6) is -0.188. The van der Waals surface area contributed by atoms with Crippen molar-refractivity contribution < 1.29 is 13.9 Å². The van der Waals surface area contributed by atoms with Crippen molar-refractivity contribution in [2.75, 3.05) is 13.2 Å². The zero-order valence-electron chi connectivity index (χ0n) is 13.7. The third-order valence-corrected chi connectivity index (χ3v) is 4.88. The van der Waals surface area contributed by atoms with E-state index in [1.54, 1.807) is 17.1 Å². The molecule has 1 saturated heterocycles. The summed E-state index contributed by atoms with van der Waals surface area (Å²) >= 11 is 0. The summed E-state index contributed by atoms with van der Waals surface area (Å²) in [5, 5.41) is 4.41. The van der Waals surface area contributed by atoms with Crippen molar-refractivity contribution in [3.63, 3.8) is 0 Å². The highest BCUT2D eigenvalue weighted by Gasteiger charge is 2.29. The van der Waals surface area contributed by atoms with E-state index in [0.29, 0.717) is 36.0 Å². The first-order chi connectivity index (χ1) is 11.6. The van der Waals surface area contributed by atoms with Gasteiger partial charge in [-0.15, -0.1) is 0 Å². The van der Waals surface area contributed by atoms with Crippen LogP contribution in [0.15, 0.2) is 18.5 Å². The van der Waals surface area contributed by atoms with Crippen molar-refractivity contribution in [1.29, 1.82) is 0 Å².